The predicted octanol–water partition coefficient (Wildman–Crippen LogP) is 3.79. The third kappa shape index (κ3) is 4.05. The summed E-state index contributed by atoms with van der Waals surface area (Å²) in [5, 5.41) is 10.7. The molecule has 18 heavy (non-hydrogen) atoms. The van der Waals surface area contributed by atoms with Gasteiger partial charge in [-0.1, -0.05) is 32.4 Å². The van der Waals surface area contributed by atoms with Crippen LogP contribution in [-0.2, 0) is 4.43 Å². The second-order valence-electron chi connectivity index (χ2n) is 5.99. The molecule has 102 valence electrons. The van der Waals surface area contributed by atoms with E-state index >= 15 is 0 Å². The predicted molar refractivity (Wildman–Crippen MR) is 77.4 cm³/mol. The fourth-order valence-corrected chi connectivity index (χ4v) is 2.29. The molecule has 1 aromatic rings. The van der Waals surface area contributed by atoms with Crippen LogP contribution in [0.25, 0.3) is 0 Å². The number of aliphatic hydroxyl groups is 1. The normalized spacial score (nSPS) is 14.6. The zero-order chi connectivity index (χ0) is 14.0. The van der Waals surface area contributed by atoms with Crippen molar-refractivity contribution in [2.45, 2.75) is 45.0 Å². The van der Waals surface area contributed by atoms with E-state index in [0.717, 1.165) is 0 Å². The lowest BCUT2D eigenvalue weighted by Gasteiger charge is -2.36. The average molecular weight is 288 g/mol. The first-order valence-electron chi connectivity index (χ1n) is 6.07. The Morgan fingerprint density at radius 2 is 2.00 bits per heavy atom. The molecule has 0 saturated heterocycles. The van der Waals surface area contributed by atoms with Crippen LogP contribution in [0.3, 0.4) is 0 Å². The number of aromatic nitrogens is 1. The molecule has 3 nitrogen and oxygen atoms in total. The standard InChI is InChI=1S/C13H22ClNO2Si/c1-13(2,3)18(4,5)17-9-12(16)11-7-6-10(14)8-15-11/h6-8,12,16H,9H2,1-5H3/t12-/m1/s1. The van der Waals surface area contributed by atoms with Crippen LogP contribution >= 0.6 is 11.6 Å². The van der Waals surface area contributed by atoms with Crippen LogP contribution in [0.5, 0.6) is 0 Å². The van der Waals surface area contributed by atoms with Crippen LogP contribution in [0, 0.1) is 0 Å². The van der Waals surface area contributed by atoms with Crippen LogP contribution in [-0.4, -0.2) is 25.0 Å². The van der Waals surface area contributed by atoms with Gasteiger partial charge in [0.15, 0.2) is 8.32 Å². The summed E-state index contributed by atoms with van der Waals surface area (Å²) in [7, 11) is -1.83. The molecule has 0 aliphatic carbocycles. The van der Waals surface area contributed by atoms with Gasteiger partial charge in [-0.2, -0.15) is 0 Å². The molecule has 1 atom stereocenters. The van der Waals surface area contributed by atoms with E-state index in [0.29, 0.717) is 10.7 Å². The zero-order valence-corrected chi connectivity index (χ0v) is 13.5. The first kappa shape index (κ1) is 15.6. The van der Waals surface area contributed by atoms with E-state index in [1.54, 1.807) is 12.1 Å². The van der Waals surface area contributed by atoms with Gasteiger partial charge in [0, 0.05) is 6.20 Å². The molecule has 0 fully saturated rings. The molecular weight excluding hydrogens is 266 g/mol. The maximum Gasteiger partial charge on any atom is 0.192 e. The van der Waals surface area contributed by atoms with Crippen LogP contribution in [0.4, 0.5) is 0 Å². The molecule has 5 heteroatoms. The fourth-order valence-electron chi connectivity index (χ4n) is 1.17. The first-order valence-corrected chi connectivity index (χ1v) is 9.35. The monoisotopic (exact) mass is 287 g/mol. The van der Waals surface area contributed by atoms with Crippen LogP contribution in [0.2, 0.25) is 23.2 Å². The molecule has 0 aliphatic rings. The van der Waals surface area contributed by atoms with E-state index in [-0.39, 0.29) is 11.6 Å². The Labute approximate surface area is 115 Å². The topological polar surface area (TPSA) is 42.4 Å². The number of aliphatic hydroxyl groups excluding tert-OH is 1. The Morgan fingerprint density at radius 1 is 1.39 bits per heavy atom. The molecule has 0 unspecified atom stereocenters. The summed E-state index contributed by atoms with van der Waals surface area (Å²) in [4.78, 5) is 4.09. The molecular formula is C13H22ClNO2Si. The third-order valence-corrected chi connectivity index (χ3v) is 8.22. The van der Waals surface area contributed by atoms with Crippen molar-refractivity contribution in [2.24, 2.45) is 0 Å². The zero-order valence-electron chi connectivity index (χ0n) is 11.7. The summed E-state index contributed by atoms with van der Waals surface area (Å²) in [6.07, 6.45) is 0.836. The highest BCUT2D eigenvalue weighted by molar-refractivity contribution is 6.74. The van der Waals surface area contributed by atoms with Crippen molar-refractivity contribution in [3.05, 3.63) is 29.0 Å². The second-order valence-corrected chi connectivity index (χ2v) is 11.2. The molecule has 0 bridgehead atoms. The summed E-state index contributed by atoms with van der Waals surface area (Å²) >= 11 is 5.76. The number of hydrogen-bond donors (Lipinski definition) is 1. The minimum Gasteiger partial charge on any atom is -0.414 e. The van der Waals surface area contributed by atoms with Gasteiger partial charge >= 0.3 is 0 Å². The van der Waals surface area contributed by atoms with E-state index in [1.165, 1.54) is 6.20 Å². The second kappa shape index (κ2) is 5.69. The van der Waals surface area contributed by atoms with Gasteiger partial charge in [-0.25, -0.2) is 0 Å². The minimum absolute atomic E-state index is 0.139. The quantitative estimate of drug-likeness (QED) is 0.857. The minimum atomic E-state index is -1.83. The summed E-state index contributed by atoms with van der Waals surface area (Å²) < 4.78 is 5.96. The molecule has 0 amide bonds. The van der Waals surface area contributed by atoms with Crippen molar-refractivity contribution in [2.75, 3.05) is 6.61 Å². The van der Waals surface area contributed by atoms with E-state index in [9.17, 15) is 5.11 Å². The van der Waals surface area contributed by atoms with Gasteiger partial charge in [-0.15, -0.1) is 0 Å². The van der Waals surface area contributed by atoms with Crippen molar-refractivity contribution < 1.29 is 9.53 Å². The first-order chi connectivity index (χ1) is 8.13. The molecule has 1 aromatic heterocycles. The molecule has 0 saturated carbocycles. The van der Waals surface area contributed by atoms with Gasteiger partial charge in [-0.3, -0.25) is 4.98 Å². The highest BCUT2D eigenvalue weighted by Crippen LogP contribution is 2.37. The Hall–Kier alpha value is -0.423. The molecule has 0 aromatic carbocycles. The van der Waals surface area contributed by atoms with Gasteiger partial charge in [-0.05, 0) is 30.3 Å². The van der Waals surface area contributed by atoms with Crippen molar-refractivity contribution in [1.82, 2.24) is 4.98 Å². The number of nitrogens with zero attached hydrogens (tertiary/aromatic N) is 1. The lowest BCUT2D eigenvalue weighted by molar-refractivity contribution is 0.0970. The molecule has 0 aliphatic heterocycles. The smallest absolute Gasteiger partial charge is 0.192 e. The lowest BCUT2D eigenvalue weighted by Crippen LogP contribution is -2.41. The number of halogens is 1. The highest BCUT2D eigenvalue weighted by Gasteiger charge is 2.37. The van der Waals surface area contributed by atoms with E-state index in [2.05, 4.69) is 38.8 Å². The van der Waals surface area contributed by atoms with Gasteiger partial charge in [0.1, 0.15) is 6.10 Å². The van der Waals surface area contributed by atoms with Crippen LogP contribution in [0.1, 0.15) is 32.6 Å². The summed E-state index contributed by atoms with van der Waals surface area (Å²) in [5.74, 6) is 0. The summed E-state index contributed by atoms with van der Waals surface area (Å²) in [6.45, 7) is 11.1. The van der Waals surface area contributed by atoms with E-state index < -0.39 is 14.4 Å². The van der Waals surface area contributed by atoms with Gasteiger partial charge in [0.2, 0.25) is 0 Å². The SMILES string of the molecule is CC(C)(C)[Si](C)(C)OC[C@@H](O)c1ccc(Cl)cn1. The molecule has 1 N–H and O–H groups in total. The van der Waals surface area contributed by atoms with Gasteiger partial charge in [0.05, 0.1) is 17.3 Å². The maximum atomic E-state index is 10.0. The summed E-state index contributed by atoms with van der Waals surface area (Å²) in [6, 6.07) is 3.45. The third-order valence-electron chi connectivity index (χ3n) is 3.50. The maximum absolute atomic E-state index is 10.0. The number of pyridine rings is 1. The number of rotatable bonds is 4. The van der Waals surface area contributed by atoms with Crippen molar-refractivity contribution in [1.29, 1.82) is 0 Å². The fraction of sp³-hybridized carbons (Fsp3) is 0.615. The number of hydrogen-bond acceptors (Lipinski definition) is 3. The van der Waals surface area contributed by atoms with Gasteiger partial charge in [0.25, 0.3) is 0 Å². The highest BCUT2D eigenvalue weighted by atomic mass is 35.5. The Morgan fingerprint density at radius 3 is 2.44 bits per heavy atom. The van der Waals surface area contributed by atoms with Gasteiger partial charge < -0.3 is 9.53 Å². The molecule has 0 spiro atoms. The average Bonchev–Trinajstić information content (AvgIpc) is 2.25. The van der Waals surface area contributed by atoms with Crippen molar-refractivity contribution >= 4 is 19.9 Å². The molecule has 1 rings (SSSR count). The van der Waals surface area contributed by atoms with E-state index in [1.807, 2.05) is 0 Å². The molecule has 1 heterocycles. The van der Waals surface area contributed by atoms with E-state index in [4.69, 9.17) is 16.0 Å². The molecule has 0 radical (unpaired) electrons. The Kier molecular flexibility index (Phi) is 4.95. The lowest BCUT2D eigenvalue weighted by atomic mass is 10.2. The van der Waals surface area contributed by atoms with Crippen molar-refractivity contribution in [3.63, 3.8) is 0 Å². The van der Waals surface area contributed by atoms with Crippen LogP contribution in [0.15, 0.2) is 18.3 Å². The summed E-state index contributed by atoms with van der Waals surface area (Å²) in [5.41, 5.74) is 0.595. The Balaban J connectivity index is 2.61. The Bertz CT molecular complexity index is 387. The van der Waals surface area contributed by atoms with Crippen LogP contribution < -0.4 is 0 Å². The largest absolute Gasteiger partial charge is 0.414 e. The van der Waals surface area contributed by atoms with Crippen molar-refractivity contribution in [3.8, 4) is 0 Å².